The van der Waals surface area contributed by atoms with E-state index in [4.69, 9.17) is 15.2 Å². The third-order valence-electron chi connectivity index (χ3n) is 3.61. The molecule has 1 unspecified atom stereocenters. The van der Waals surface area contributed by atoms with Crippen LogP contribution in [0.2, 0.25) is 0 Å². The number of hydrogen-bond donors (Lipinski definition) is 2. The van der Waals surface area contributed by atoms with Gasteiger partial charge in [0.25, 0.3) is 0 Å². The number of methoxy groups -OCH3 is 1. The summed E-state index contributed by atoms with van der Waals surface area (Å²) in [6, 6.07) is 5.29. The number of hydrogen-bond acceptors (Lipinski definition) is 5. The summed E-state index contributed by atoms with van der Waals surface area (Å²) in [5, 5.41) is 7.22. The number of nitrogens with zero attached hydrogens (tertiary/aromatic N) is 2. The number of rotatable bonds is 6. The van der Waals surface area contributed by atoms with Crippen LogP contribution in [0.3, 0.4) is 0 Å². The van der Waals surface area contributed by atoms with Crippen molar-refractivity contribution in [3.05, 3.63) is 35.4 Å². The topological polar surface area (TPSA) is 86.0 Å². The largest absolute Gasteiger partial charge is 0.493 e. The van der Waals surface area contributed by atoms with Gasteiger partial charge in [0.15, 0.2) is 17.3 Å². The molecule has 1 saturated carbocycles. The fourth-order valence-electron chi connectivity index (χ4n) is 2.27. The van der Waals surface area contributed by atoms with Crippen LogP contribution in [0.15, 0.2) is 18.2 Å². The van der Waals surface area contributed by atoms with Gasteiger partial charge in [0.2, 0.25) is 0 Å². The van der Waals surface area contributed by atoms with Crippen LogP contribution in [0.4, 0.5) is 0 Å². The van der Waals surface area contributed by atoms with Crippen LogP contribution in [0.25, 0.3) is 0 Å². The summed E-state index contributed by atoms with van der Waals surface area (Å²) >= 11 is 0. The van der Waals surface area contributed by atoms with Gasteiger partial charge in [-0.2, -0.15) is 5.10 Å². The lowest BCUT2D eigenvalue weighted by atomic mass is 10.1. The number of aromatic nitrogens is 3. The van der Waals surface area contributed by atoms with Crippen molar-refractivity contribution in [3.8, 4) is 11.5 Å². The van der Waals surface area contributed by atoms with E-state index in [1.165, 1.54) is 12.8 Å². The first-order chi connectivity index (χ1) is 10.2. The summed E-state index contributed by atoms with van der Waals surface area (Å²) in [6.45, 7) is 2.53. The lowest BCUT2D eigenvalue weighted by Gasteiger charge is -2.13. The Labute approximate surface area is 123 Å². The zero-order chi connectivity index (χ0) is 14.8. The van der Waals surface area contributed by atoms with Crippen molar-refractivity contribution >= 4 is 0 Å². The van der Waals surface area contributed by atoms with Crippen LogP contribution in [-0.4, -0.2) is 28.9 Å². The van der Waals surface area contributed by atoms with Gasteiger partial charge < -0.3 is 15.2 Å². The lowest BCUT2D eigenvalue weighted by molar-refractivity contribution is 0.310. The molecule has 0 spiro atoms. The lowest BCUT2D eigenvalue weighted by Crippen LogP contribution is -2.14. The minimum atomic E-state index is -0.377. The first kappa shape index (κ1) is 13.9. The maximum atomic E-state index is 6.26. The molecule has 2 aromatic rings. The fourth-order valence-corrected chi connectivity index (χ4v) is 2.27. The Hall–Kier alpha value is -2.08. The minimum absolute atomic E-state index is 0.377. The van der Waals surface area contributed by atoms with Crippen molar-refractivity contribution in [3.63, 3.8) is 0 Å². The van der Waals surface area contributed by atoms with E-state index in [1.54, 1.807) is 7.11 Å². The normalized spacial score (nSPS) is 15.8. The molecule has 3 rings (SSSR count). The van der Waals surface area contributed by atoms with Crippen molar-refractivity contribution < 1.29 is 9.47 Å². The van der Waals surface area contributed by atoms with Crippen LogP contribution in [0.1, 0.15) is 48.9 Å². The van der Waals surface area contributed by atoms with Gasteiger partial charge in [-0.05, 0) is 37.5 Å². The number of nitrogens with one attached hydrogen (secondary N) is 1. The van der Waals surface area contributed by atoms with E-state index in [9.17, 15) is 0 Å². The van der Waals surface area contributed by atoms with Crippen molar-refractivity contribution in [1.29, 1.82) is 0 Å². The van der Waals surface area contributed by atoms with Crippen molar-refractivity contribution in [2.45, 2.75) is 31.7 Å². The Kier molecular flexibility index (Phi) is 3.79. The van der Waals surface area contributed by atoms with Crippen LogP contribution in [-0.2, 0) is 0 Å². The van der Waals surface area contributed by atoms with Crippen LogP contribution >= 0.6 is 0 Å². The molecule has 0 radical (unpaired) electrons. The molecule has 1 aliphatic carbocycles. The molecule has 1 aromatic carbocycles. The molecular formula is C15H20N4O2. The second kappa shape index (κ2) is 5.73. The SMILES string of the molecule is CCOc1ccc(C(N)c2n[nH]c(C3CC3)n2)cc1OC. The third kappa shape index (κ3) is 2.85. The first-order valence-corrected chi connectivity index (χ1v) is 7.21. The maximum Gasteiger partial charge on any atom is 0.171 e. The second-order valence-corrected chi connectivity index (χ2v) is 5.17. The molecule has 1 heterocycles. The number of benzene rings is 1. The molecule has 1 aliphatic rings. The van der Waals surface area contributed by atoms with Crippen LogP contribution in [0.5, 0.6) is 11.5 Å². The summed E-state index contributed by atoms with van der Waals surface area (Å²) in [7, 11) is 1.62. The molecule has 21 heavy (non-hydrogen) atoms. The Balaban J connectivity index is 1.83. The quantitative estimate of drug-likeness (QED) is 0.850. The number of ether oxygens (including phenoxy) is 2. The van der Waals surface area contributed by atoms with Gasteiger partial charge in [-0.15, -0.1) is 0 Å². The third-order valence-corrected chi connectivity index (χ3v) is 3.61. The standard InChI is InChI=1S/C15H20N4O2/c1-3-21-11-7-6-10(8-12(11)20-2)13(16)15-17-14(18-19-15)9-4-5-9/h6-9,13H,3-5,16H2,1-2H3,(H,17,18,19). The predicted octanol–water partition coefficient (Wildman–Crippen LogP) is 2.14. The molecule has 3 N–H and O–H groups in total. The summed E-state index contributed by atoms with van der Waals surface area (Å²) in [5.74, 6) is 3.47. The minimum Gasteiger partial charge on any atom is -0.493 e. The highest BCUT2D eigenvalue weighted by atomic mass is 16.5. The van der Waals surface area contributed by atoms with Gasteiger partial charge in [0.1, 0.15) is 5.82 Å². The Morgan fingerprint density at radius 3 is 2.86 bits per heavy atom. The monoisotopic (exact) mass is 288 g/mol. The van der Waals surface area contributed by atoms with Crippen molar-refractivity contribution in [2.24, 2.45) is 5.73 Å². The molecule has 6 heteroatoms. The highest BCUT2D eigenvalue weighted by molar-refractivity contribution is 5.44. The molecule has 0 bridgehead atoms. The number of nitrogens with two attached hydrogens (primary N) is 1. The molecule has 1 aromatic heterocycles. The molecule has 1 atom stereocenters. The average molecular weight is 288 g/mol. The Morgan fingerprint density at radius 2 is 2.19 bits per heavy atom. The van der Waals surface area contributed by atoms with E-state index in [2.05, 4.69) is 15.2 Å². The van der Waals surface area contributed by atoms with Crippen LogP contribution in [0, 0.1) is 0 Å². The Morgan fingerprint density at radius 1 is 1.38 bits per heavy atom. The maximum absolute atomic E-state index is 6.26. The molecule has 0 amide bonds. The average Bonchev–Trinajstić information content (AvgIpc) is 3.24. The van der Waals surface area contributed by atoms with Gasteiger partial charge in [0, 0.05) is 5.92 Å². The second-order valence-electron chi connectivity index (χ2n) is 5.17. The molecule has 6 nitrogen and oxygen atoms in total. The summed E-state index contributed by atoms with van der Waals surface area (Å²) in [5.41, 5.74) is 7.16. The summed E-state index contributed by atoms with van der Waals surface area (Å²) in [4.78, 5) is 4.50. The van der Waals surface area contributed by atoms with Crippen LogP contribution < -0.4 is 15.2 Å². The predicted molar refractivity (Wildman–Crippen MR) is 78.6 cm³/mol. The van der Waals surface area contributed by atoms with Crippen molar-refractivity contribution in [2.75, 3.05) is 13.7 Å². The Bertz CT molecular complexity index is 622. The van der Waals surface area contributed by atoms with Gasteiger partial charge >= 0.3 is 0 Å². The zero-order valence-electron chi connectivity index (χ0n) is 12.3. The van der Waals surface area contributed by atoms with E-state index < -0.39 is 0 Å². The van der Waals surface area contributed by atoms with Crippen molar-refractivity contribution in [1.82, 2.24) is 15.2 Å². The van der Waals surface area contributed by atoms with E-state index in [0.29, 0.717) is 29.8 Å². The smallest absolute Gasteiger partial charge is 0.171 e. The van der Waals surface area contributed by atoms with Gasteiger partial charge in [-0.3, -0.25) is 5.10 Å². The van der Waals surface area contributed by atoms with Gasteiger partial charge in [0.05, 0.1) is 19.8 Å². The zero-order valence-corrected chi connectivity index (χ0v) is 12.3. The van der Waals surface area contributed by atoms with Gasteiger partial charge in [-0.1, -0.05) is 6.07 Å². The molecule has 1 fully saturated rings. The fraction of sp³-hybridized carbons (Fsp3) is 0.467. The summed E-state index contributed by atoms with van der Waals surface area (Å²) < 4.78 is 10.9. The van der Waals surface area contributed by atoms with E-state index in [-0.39, 0.29) is 6.04 Å². The number of aromatic amines is 1. The molecule has 112 valence electrons. The highest BCUT2D eigenvalue weighted by Crippen LogP contribution is 2.38. The van der Waals surface area contributed by atoms with E-state index >= 15 is 0 Å². The highest BCUT2D eigenvalue weighted by Gasteiger charge is 2.28. The molecule has 0 saturated heterocycles. The first-order valence-electron chi connectivity index (χ1n) is 7.21. The van der Waals surface area contributed by atoms with E-state index in [1.807, 2.05) is 25.1 Å². The molecule has 0 aliphatic heterocycles. The summed E-state index contributed by atoms with van der Waals surface area (Å²) in [6.07, 6.45) is 2.36. The van der Waals surface area contributed by atoms with E-state index in [0.717, 1.165) is 11.4 Å². The van der Waals surface area contributed by atoms with Gasteiger partial charge in [-0.25, -0.2) is 4.98 Å². The molecular weight excluding hydrogens is 268 g/mol. The number of H-pyrrole nitrogens is 1.